The van der Waals surface area contributed by atoms with E-state index in [1.807, 2.05) is 0 Å². The van der Waals surface area contributed by atoms with E-state index in [9.17, 15) is 0 Å². The number of hydrogen-bond acceptors (Lipinski definition) is 0. The van der Waals surface area contributed by atoms with Crippen LogP contribution in [0.1, 0.15) is 33.3 Å². The Kier molecular flexibility index (Phi) is 6.68. The van der Waals surface area contributed by atoms with Gasteiger partial charge in [-0.1, -0.05) is 67.3 Å². The summed E-state index contributed by atoms with van der Waals surface area (Å²) in [6, 6.07) is 7.19. The summed E-state index contributed by atoms with van der Waals surface area (Å²) >= 11 is 0. The van der Waals surface area contributed by atoms with Crippen molar-refractivity contribution in [1.29, 1.82) is 0 Å². The number of hydrogen-bond donors (Lipinski definition) is 0. The van der Waals surface area contributed by atoms with E-state index in [0.717, 1.165) is 0 Å². The first-order valence-corrected chi connectivity index (χ1v) is 10.2. The summed E-state index contributed by atoms with van der Waals surface area (Å²) in [7, 11) is 0.172. The van der Waals surface area contributed by atoms with Crippen molar-refractivity contribution in [2.24, 2.45) is 0 Å². The summed E-state index contributed by atoms with van der Waals surface area (Å²) in [5.41, 5.74) is 1.43. The van der Waals surface area contributed by atoms with Crippen molar-refractivity contribution in [2.45, 2.75) is 34.6 Å². The Morgan fingerprint density at radius 1 is 0.765 bits per heavy atom. The highest BCUT2D eigenvalue weighted by molar-refractivity contribution is 7.71. The molecule has 1 rings (SSSR count). The fourth-order valence-electron chi connectivity index (χ4n) is 2.28. The van der Waals surface area contributed by atoms with Crippen molar-refractivity contribution < 1.29 is 0 Å². The number of rotatable bonds is 6. The smallest absolute Gasteiger partial charge is 0.0161 e. The van der Waals surface area contributed by atoms with Crippen LogP contribution in [0.15, 0.2) is 18.2 Å². The summed E-state index contributed by atoms with van der Waals surface area (Å²) < 4.78 is 0. The van der Waals surface area contributed by atoms with Crippen molar-refractivity contribution >= 4 is 26.5 Å². The van der Waals surface area contributed by atoms with Gasteiger partial charge in [0.1, 0.15) is 0 Å². The quantitative estimate of drug-likeness (QED) is 0.675. The Labute approximate surface area is 110 Å². The SMILES string of the molecule is CCP(CC)c1ccc(C)cc1P(CC)CC. The summed E-state index contributed by atoms with van der Waals surface area (Å²) in [4.78, 5) is 0. The molecule has 0 amide bonds. The third kappa shape index (κ3) is 3.77. The second-order valence-corrected chi connectivity index (χ2v) is 9.99. The molecule has 0 saturated heterocycles. The first-order valence-electron chi connectivity index (χ1n) is 6.78. The van der Waals surface area contributed by atoms with E-state index in [1.54, 1.807) is 10.6 Å². The zero-order chi connectivity index (χ0) is 12.8. The Balaban J connectivity index is 3.19. The van der Waals surface area contributed by atoms with Crippen molar-refractivity contribution in [3.8, 4) is 0 Å². The topological polar surface area (TPSA) is 0 Å². The third-order valence-electron chi connectivity index (χ3n) is 3.34. The minimum absolute atomic E-state index is 0.0840. The molecule has 96 valence electrons. The van der Waals surface area contributed by atoms with E-state index in [2.05, 4.69) is 52.8 Å². The average molecular weight is 268 g/mol. The van der Waals surface area contributed by atoms with Crippen LogP contribution in [-0.4, -0.2) is 24.6 Å². The molecular formula is C15H26P2. The van der Waals surface area contributed by atoms with Crippen molar-refractivity contribution in [2.75, 3.05) is 24.6 Å². The molecule has 0 atom stereocenters. The fraction of sp³-hybridized carbons (Fsp3) is 0.600. The van der Waals surface area contributed by atoms with Gasteiger partial charge in [-0.05, 0) is 42.2 Å². The van der Waals surface area contributed by atoms with Crippen molar-refractivity contribution in [3.05, 3.63) is 23.8 Å². The second-order valence-electron chi connectivity index (χ2n) is 4.34. The maximum Gasteiger partial charge on any atom is -0.0161 e. The molecule has 0 aliphatic heterocycles. The summed E-state index contributed by atoms with van der Waals surface area (Å²) in [5.74, 6) is 0. The Bertz CT molecular complexity index is 339. The lowest BCUT2D eigenvalue weighted by Crippen LogP contribution is -2.24. The lowest BCUT2D eigenvalue weighted by atomic mass is 10.2. The molecule has 0 aliphatic carbocycles. The van der Waals surface area contributed by atoms with Crippen LogP contribution in [0.3, 0.4) is 0 Å². The molecule has 1 aromatic carbocycles. The molecular weight excluding hydrogens is 242 g/mol. The molecule has 0 N–H and O–H groups in total. The maximum atomic E-state index is 2.47. The van der Waals surface area contributed by atoms with Crippen molar-refractivity contribution in [3.63, 3.8) is 0 Å². The van der Waals surface area contributed by atoms with E-state index >= 15 is 0 Å². The highest BCUT2D eigenvalue weighted by Gasteiger charge is 2.16. The minimum Gasteiger partial charge on any atom is -0.0752 e. The van der Waals surface area contributed by atoms with E-state index in [0.29, 0.717) is 0 Å². The molecule has 0 spiro atoms. The van der Waals surface area contributed by atoms with Crippen LogP contribution in [0.4, 0.5) is 0 Å². The Morgan fingerprint density at radius 2 is 1.24 bits per heavy atom. The van der Waals surface area contributed by atoms with Gasteiger partial charge in [0.25, 0.3) is 0 Å². The van der Waals surface area contributed by atoms with Gasteiger partial charge in [0.15, 0.2) is 0 Å². The van der Waals surface area contributed by atoms with Gasteiger partial charge in [0, 0.05) is 0 Å². The normalized spacial score (nSPS) is 11.5. The zero-order valence-electron chi connectivity index (χ0n) is 12.0. The molecule has 0 nitrogen and oxygen atoms in total. The van der Waals surface area contributed by atoms with E-state index in [-0.39, 0.29) is 15.8 Å². The second kappa shape index (κ2) is 7.50. The van der Waals surface area contributed by atoms with Crippen LogP contribution in [0, 0.1) is 6.92 Å². The molecule has 17 heavy (non-hydrogen) atoms. The van der Waals surface area contributed by atoms with Gasteiger partial charge in [0.05, 0.1) is 0 Å². The Hall–Kier alpha value is 0.0800. The van der Waals surface area contributed by atoms with Gasteiger partial charge in [0.2, 0.25) is 0 Å². The average Bonchev–Trinajstić information content (AvgIpc) is 2.34. The van der Waals surface area contributed by atoms with E-state index in [1.165, 1.54) is 30.2 Å². The molecule has 0 aromatic heterocycles. The first kappa shape index (κ1) is 15.1. The lowest BCUT2D eigenvalue weighted by molar-refractivity contribution is 1.41. The summed E-state index contributed by atoms with van der Waals surface area (Å²) in [6.45, 7) is 11.6. The van der Waals surface area contributed by atoms with Crippen LogP contribution in [0.5, 0.6) is 0 Å². The zero-order valence-corrected chi connectivity index (χ0v) is 13.7. The van der Waals surface area contributed by atoms with Gasteiger partial charge in [-0.3, -0.25) is 0 Å². The van der Waals surface area contributed by atoms with E-state index < -0.39 is 0 Å². The van der Waals surface area contributed by atoms with Gasteiger partial charge >= 0.3 is 0 Å². The molecule has 0 unspecified atom stereocenters. The molecule has 2 heteroatoms. The predicted octanol–water partition coefficient (Wildman–Crippen LogP) is 4.29. The fourth-order valence-corrected chi connectivity index (χ4v) is 6.85. The van der Waals surface area contributed by atoms with Gasteiger partial charge in [-0.15, -0.1) is 0 Å². The van der Waals surface area contributed by atoms with Crippen molar-refractivity contribution in [1.82, 2.24) is 0 Å². The largest absolute Gasteiger partial charge is 0.0752 e. The Morgan fingerprint density at radius 3 is 1.71 bits per heavy atom. The molecule has 0 radical (unpaired) electrons. The molecule has 0 bridgehead atoms. The van der Waals surface area contributed by atoms with Gasteiger partial charge in [-0.25, -0.2) is 0 Å². The van der Waals surface area contributed by atoms with Crippen LogP contribution in [0.2, 0.25) is 0 Å². The molecule has 0 saturated carbocycles. The highest BCUT2D eigenvalue weighted by Crippen LogP contribution is 2.39. The van der Waals surface area contributed by atoms with E-state index in [4.69, 9.17) is 0 Å². The summed E-state index contributed by atoms with van der Waals surface area (Å²) in [5, 5.41) is 3.41. The van der Waals surface area contributed by atoms with Crippen LogP contribution in [-0.2, 0) is 0 Å². The summed E-state index contributed by atoms with van der Waals surface area (Å²) in [6.07, 6.45) is 5.33. The standard InChI is InChI=1S/C15H26P2/c1-6-16(7-2)14-11-10-13(5)12-15(14)17(8-3)9-4/h10-12H,6-9H2,1-5H3. The maximum absolute atomic E-state index is 2.47. The number of benzene rings is 1. The van der Waals surface area contributed by atoms with Gasteiger partial charge in [-0.2, -0.15) is 0 Å². The molecule has 0 aliphatic rings. The first-order chi connectivity index (χ1) is 8.17. The third-order valence-corrected chi connectivity index (χ3v) is 8.69. The van der Waals surface area contributed by atoms with Gasteiger partial charge < -0.3 is 0 Å². The molecule has 1 aromatic rings. The lowest BCUT2D eigenvalue weighted by Gasteiger charge is -2.24. The molecule has 0 heterocycles. The highest BCUT2D eigenvalue weighted by atomic mass is 31.1. The van der Waals surface area contributed by atoms with Crippen LogP contribution < -0.4 is 10.6 Å². The van der Waals surface area contributed by atoms with Crippen LogP contribution in [0.25, 0.3) is 0 Å². The molecule has 0 fully saturated rings. The number of aryl methyl sites for hydroxylation is 1. The monoisotopic (exact) mass is 268 g/mol. The van der Waals surface area contributed by atoms with Crippen LogP contribution >= 0.6 is 15.8 Å². The predicted molar refractivity (Wildman–Crippen MR) is 86.5 cm³/mol. The minimum atomic E-state index is 0.0840.